The first-order chi connectivity index (χ1) is 21.1. The lowest BCUT2D eigenvalue weighted by Gasteiger charge is -2.50. The van der Waals surface area contributed by atoms with E-state index in [0.717, 1.165) is 22.2 Å². The fraction of sp³-hybridized carbons (Fsp3) is 0.292. The molecule has 5 N–H and O–H groups in total. The summed E-state index contributed by atoms with van der Waals surface area (Å²) < 4.78 is 38.7. The van der Waals surface area contributed by atoms with Crippen LogP contribution in [0.1, 0.15) is 17.7 Å². The van der Waals surface area contributed by atoms with Gasteiger partial charge in [0, 0.05) is 17.5 Å². The highest BCUT2D eigenvalue weighted by Crippen LogP contribution is 2.44. The van der Waals surface area contributed by atoms with Gasteiger partial charge in [-0.15, -0.1) is 16.9 Å². The summed E-state index contributed by atoms with van der Waals surface area (Å²) in [6.07, 6.45) is 1.37. The van der Waals surface area contributed by atoms with Gasteiger partial charge in [0.1, 0.15) is 23.7 Å². The van der Waals surface area contributed by atoms with Crippen LogP contribution in [0.25, 0.3) is 0 Å². The maximum atomic E-state index is 13.3. The van der Waals surface area contributed by atoms with Gasteiger partial charge in [0.15, 0.2) is 5.76 Å². The second-order valence-corrected chi connectivity index (χ2v) is 12.7. The Morgan fingerprint density at radius 3 is 2.73 bits per heavy atom. The summed E-state index contributed by atoms with van der Waals surface area (Å²) in [7, 11) is -4.50. The number of furan rings is 1. The largest absolute Gasteiger partial charge is 0.477 e. The summed E-state index contributed by atoms with van der Waals surface area (Å²) in [6, 6.07) is 11.1. The van der Waals surface area contributed by atoms with E-state index >= 15 is 0 Å². The maximum absolute atomic E-state index is 13.3. The number of carboxylic acid groups (broad SMARTS) is 1. The molecule has 20 heteroatoms. The summed E-state index contributed by atoms with van der Waals surface area (Å²) in [6.45, 7) is -0.165. The molecule has 0 bridgehead atoms. The molecule has 2 unspecified atom stereocenters. The number of nitrogens with one attached hydrogen (secondary N) is 3. The summed E-state index contributed by atoms with van der Waals surface area (Å²) in [4.78, 5) is 45.5. The van der Waals surface area contributed by atoms with Gasteiger partial charge in [-0.1, -0.05) is 47.2 Å². The molecule has 1 saturated heterocycles. The van der Waals surface area contributed by atoms with Crippen molar-refractivity contribution in [3.63, 3.8) is 0 Å². The van der Waals surface area contributed by atoms with E-state index in [4.69, 9.17) is 13.8 Å². The molecule has 3 atom stereocenters. The summed E-state index contributed by atoms with van der Waals surface area (Å²) in [5, 5.41) is 28.8. The molecule has 4 heterocycles. The molecule has 17 nitrogen and oxygen atoms in total. The SMILES string of the molecule is O=C(O)C1=C(C(CCNS(=O)(=O)O)Sc2nnn[nH]2)CS[C@H]2C(NC(=O)C(=NOCc3ccccc3)c3ccco3)C(=O)N12. The van der Waals surface area contributed by atoms with Crippen LogP contribution in [0.3, 0.4) is 0 Å². The minimum Gasteiger partial charge on any atom is -0.477 e. The highest BCUT2D eigenvalue weighted by molar-refractivity contribution is 8.01. The Hall–Kier alpha value is -4.24. The number of amides is 2. The Bertz CT molecular complexity index is 1670. The third-order valence-corrected chi connectivity index (χ3v) is 9.42. The van der Waals surface area contributed by atoms with E-state index in [2.05, 4.69) is 31.1 Å². The smallest absolute Gasteiger partial charge is 0.352 e. The van der Waals surface area contributed by atoms with Crippen LogP contribution in [0.2, 0.25) is 0 Å². The molecule has 2 aliphatic heterocycles. The highest BCUT2D eigenvalue weighted by Gasteiger charge is 2.55. The fourth-order valence-electron chi connectivity index (χ4n) is 4.41. The topological polar surface area (TPSA) is 242 Å². The Morgan fingerprint density at radius 2 is 2.07 bits per heavy atom. The van der Waals surface area contributed by atoms with Gasteiger partial charge in [-0.05, 0) is 40.1 Å². The normalized spacial score (nSPS) is 19.2. The van der Waals surface area contributed by atoms with Gasteiger partial charge in [-0.25, -0.2) is 9.89 Å². The molecule has 0 radical (unpaired) electrons. The Balaban J connectivity index is 1.33. The lowest BCUT2D eigenvalue weighted by Crippen LogP contribution is -2.71. The molecular weight excluding hydrogens is 641 g/mol. The molecule has 0 spiro atoms. The van der Waals surface area contributed by atoms with Crippen molar-refractivity contribution in [2.45, 2.75) is 34.8 Å². The molecule has 0 saturated carbocycles. The number of thioether (sulfide) groups is 2. The van der Waals surface area contributed by atoms with Crippen LogP contribution in [0.4, 0.5) is 0 Å². The lowest BCUT2D eigenvalue weighted by atomic mass is 10.00. The number of carboxylic acids is 1. The van der Waals surface area contributed by atoms with Crippen LogP contribution in [0, 0.1) is 0 Å². The van der Waals surface area contributed by atoms with Crippen molar-refractivity contribution in [2.24, 2.45) is 5.16 Å². The number of aromatic nitrogens is 4. The number of oxime groups is 1. The number of hydrogen-bond acceptors (Lipinski definition) is 13. The van der Waals surface area contributed by atoms with Crippen LogP contribution >= 0.6 is 23.5 Å². The molecule has 232 valence electrons. The standard InChI is InChI=1S/C24H24N8O9S3/c33-20(17(15-7-4-10-40-15)29-41-11-13-5-2-1-3-6-13)26-18-21(34)32-19(23(35)36)14(12-42-22(18)32)16(8-9-25-44(37,38)39)43-24-27-30-31-28-24/h1-7,10,16,18,22,25H,8-9,11-12H2,(H,26,33)(H,35,36)(H,37,38,39)(H,27,28,30,31)/t16?,18?,22-/m0/s1. The number of aromatic amines is 1. The van der Waals surface area contributed by atoms with E-state index in [-0.39, 0.29) is 47.7 Å². The average Bonchev–Trinajstić information content (AvgIpc) is 3.71. The fourth-order valence-corrected chi connectivity index (χ4v) is 7.34. The number of benzene rings is 1. The quantitative estimate of drug-likeness (QED) is 0.0515. The van der Waals surface area contributed by atoms with Crippen LogP contribution < -0.4 is 10.0 Å². The molecule has 3 aromatic rings. The first-order valence-corrected chi connectivity index (χ1v) is 16.1. The van der Waals surface area contributed by atoms with Gasteiger partial charge in [0.25, 0.3) is 11.8 Å². The number of β-lactam (4-membered cyclic amide) rings is 1. The molecule has 5 rings (SSSR count). The van der Waals surface area contributed by atoms with E-state index in [1.807, 2.05) is 35.1 Å². The van der Waals surface area contributed by atoms with Gasteiger partial charge in [-0.3, -0.25) is 19.0 Å². The van der Waals surface area contributed by atoms with Crippen LogP contribution in [0.5, 0.6) is 0 Å². The van der Waals surface area contributed by atoms with E-state index in [1.165, 1.54) is 24.1 Å². The van der Waals surface area contributed by atoms with Crippen molar-refractivity contribution in [3.05, 3.63) is 71.3 Å². The summed E-state index contributed by atoms with van der Waals surface area (Å²) in [5.41, 5.74) is 0.610. The van der Waals surface area contributed by atoms with Crippen LogP contribution in [-0.2, 0) is 36.1 Å². The number of carbonyl (C=O) groups is 3. The number of fused-ring (bicyclic) bond motifs is 1. The molecule has 44 heavy (non-hydrogen) atoms. The van der Waals surface area contributed by atoms with Crippen molar-refractivity contribution in [2.75, 3.05) is 12.3 Å². The third-order valence-electron chi connectivity index (χ3n) is 6.35. The number of tetrazole rings is 1. The van der Waals surface area contributed by atoms with E-state index in [1.54, 1.807) is 6.07 Å². The Labute approximate surface area is 257 Å². The lowest BCUT2D eigenvalue weighted by molar-refractivity contribution is -0.150. The van der Waals surface area contributed by atoms with Crippen LogP contribution in [0.15, 0.2) is 74.7 Å². The first kappa shape index (κ1) is 31.2. The van der Waals surface area contributed by atoms with Crippen molar-refractivity contribution in [1.29, 1.82) is 0 Å². The Morgan fingerprint density at radius 1 is 1.27 bits per heavy atom. The number of aliphatic carboxylic acids is 1. The van der Waals surface area contributed by atoms with E-state index in [9.17, 15) is 27.9 Å². The summed E-state index contributed by atoms with van der Waals surface area (Å²) in [5.74, 6) is -2.60. The average molecular weight is 665 g/mol. The predicted molar refractivity (Wildman–Crippen MR) is 154 cm³/mol. The third kappa shape index (κ3) is 7.27. The maximum Gasteiger partial charge on any atom is 0.352 e. The van der Waals surface area contributed by atoms with Crippen molar-refractivity contribution in [3.8, 4) is 0 Å². The highest BCUT2D eigenvalue weighted by atomic mass is 32.2. The van der Waals surface area contributed by atoms with Crippen molar-refractivity contribution >= 4 is 57.3 Å². The van der Waals surface area contributed by atoms with Gasteiger partial charge in [-0.2, -0.15) is 13.1 Å². The predicted octanol–water partition coefficient (Wildman–Crippen LogP) is 0.396. The second-order valence-electron chi connectivity index (χ2n) is 9.19. The molecule has 2 amide bonds. The number of hydrogen-bond donors (Lipinski definition) is 5. The minimum absolute atomic E-state index is 0.0244. The number of carbonyl (C=O) groups excluding carboxylic acids is 2. The molecule has 1 aromatic carbocycles. The monoisotopic (exact) mass is 664 g/mol. The minimum atomic E-state index is -4.50. The summed E-state index contributed by atoms with van der Waals surface area (Å²) >= 11 is 2.24. The van der Waals surface area contributed by atoms with E-state index in [0.29, 0.717) is 5.57 Å². The molecule has 2 aliphatic rings. The van der Waals surface area contributed by atoms with Gasteiger partial charge in [0.2, 0.25) is 10.9 Å². The number of nitrogens with zero attached hydrogens (tertiary/aromatic N) is 5. The van der Waals surface area contributed by atoms with Gasteiger partial charge >= 0.3 is 16.3 Å². The van der Waals surface area contributed by atoms with Gasteiger partial charge < -0.3 is 19.7 Å². The van der Waals surface area contributed by atoms with Crippen LogP contribution in [-0.4, -0.2) is 96.1 Å². The molecule has 2 aromatic heterocycles. The number of rotatable bonds is 14. The number of H-pyrrole nitrogens is 1. The Kier molecular flexibility index (Phi) is 9.64. The zero-order chi connectivity index (χ0) is 31.3. The van der Waals surface area contributed by atoms with E-state index < -0.39 is 44.8 Å². The second kappa shape index (κ2) is 13.6. The zero-order valence-corrected chi connectivity index (χ0v) is 24.8. The zero-order valence-electron chi connectivity index (χ0n) is 22.4. The van der Waals surface area contributed by atoms with Crippen molar-refractivity contribution in [1.82, 2.24) is 35.6 Å². The van der Waals surface area contributed by atoms with Gasteiger partial charge in [0.05, 0.1) is 6.26 Å². The molecule has 1 fully saturated rings. The molecule has 0 aliphatic carbocycles. The first-order valence-electron chi connectivity index (χ1n) is 12.7. The van der Waals surface area contributed by atoms with Crippen molar-refractivity contribution < 1.29 is 41.7 Å². The molecular formula is C24H24N8O9S3.